The predicted molar refractivity (Wildman–Crippen MR) is 86.3 cm³/mol. The average Bonchev–Trinajstić information content (AvgIpc) is 2.55. The monoisotopic (exact) mass is 291 g/mol. The molecule has 0 unspecified atom stereocenters. The van der Waals surface area contributed by atoms with E-state index in [1.807, 2.05) is 43.3 Å². The maximum Gasteiger partial charge on any atom is 0.226 e. The number of hydrogen-bond donors (Lipinski definition) is 1. The van der Waals surface area contributed by atoms with Gasteiger partial charge in [0.05, 0.1) is 17.6 Å². The molecule has 1 amide bonds. The molecule has 0 aliphatic rings. The van der Waals surface area contributed by atoms with Crippen LogP contribution in [0.15, 0.2) is 54.9 Å². The fraction of sp³-hybridized carbons (Fsp3) is 0.167. The average molecular weight is 291 g/mol. The SMILES string of the molecule is Cc1cc2ccccc2nc1CC(=O)NCc1cccnc1. The Kier molecular flexibility index (Phi) is 4.10. The number of carbonyl (C=O) groups excluding carboxylic acids is 1. The third-order valence-corrected chi connectivity index (χ3v) is 3.56. The van der Waals surface area contributed by atoms with Crippen LogP contribution in [0.4, 0.5) is 0 Å². The molecule has 3 aromatic rings. The molecular weight excluding hydrogens is 274 g/mol. The van der Waals surface area contributed by atoms with Crippen LogP contribution in [0, 0.1) is 6.92 Å². The lowest BCUT2D eigenvalue weighted by molar-refractivity contribution is -0.120. The molecule has 4 nitrogen and oxygen atoms in total. The Balaban J connectivity index is 1.70. The standard InChI is InChI=1S/C18H17N3O/c1-13-9-15-6-2-3-7-16(15)21-17(13)10-18(22)20-12-14-5-4-8-19-11-14/h2-9,11H,10,12H2,1H3,(H,20,22). The fourth-order valence-corrected chi connectivity index (χ4v) is 2.36. The van der Waals surface area contributed by atoms with Crippen molar-refractivity contribution in [2.24, 2.45) is 0 Å². The molecule has 0 saturated heterocycles. The van der Waals surface area contributed by atoms with Crippen molar-refractivity contribution in [3.05, 3.63) is 71.7 Å². The minimum atomic E-state index is -0.0327. The van der Waals surface area contributed by atoms with Crippen molar-refractivity contribution in [2.45, 2.75) is 19.9 Å². The highest BCUT2D eigenvalue weighted by molar-refractivity contribution is 5.82. The van der Waals surface area contributed by atoms with E-state index in [4.69, 9.17) is 0 Å². The summed E-state index contributed by atoms with van der Waals surface area (Å²) in [5, 5.41) is 4.00. The third-order valence-electron chi connectivity index (χ3n) is 3.56. The van der Waals surface area contributed by atoms with Crippen molar-refractivity contribution in [3.63, 3.8) is 0 Å². The first-order chi connectivity index (χ1) is 10.7. The van der Waals surface area contributed by atoms with Crippen molar-refractivity contribution in [2.75, 3.05) is 0 Å². The molecule has 0 aliphatic heterocycles. The molecule has 0 spiro atoms. The highest BCUT2D eigenvalue weighted by Crippen LogP contribution is 2.16. The van der Waals surface area contributed by atoms with Crippen LogP contribution >= 0.6 is 0 Å². The maximum atomic E-state index is 12.1. The number of rotatable bonds is 4. The van der Waals surface area contributed by atoms with Gasteiger partial charge in [-0.05, 0) is 36.2 Å². The molecule has 110 valence electrons. The third kappa shape index (κ3) is 3.28. The maximum absolute atomic E-state index is 12.1. The van der Waals surface area contributed by atoms with Gasteiger partial charge in [-0.1, -0.05) is 24.3 Å². The first-order valence-electron chi connectivity index (χ1n) is 7.23. The number of amides is 1. The summed E-state index contributed by atoms with van der Waals surface area (Å²) in [5.74, 6) is -0.0327. The zero-order chi connectivity index (χ0) is 15.4. The molecule has 2 aromatic heterocycles. The Hall–Kier alpha value is -2.75. The molecule has 2 heterocycles. The number of fused-ring (bicyclic) bond motifs is 1. The van der Waals surface area contributed by atoms with Crippen molar-refractivity contribution >= 4 is 16.8 Å². The van der Waals surface area contributed by atoms with Crippen molar-refractivity contribution in [1.82, 2.24) is 15.3 Å². The highest BCUT2D eigenvalue weighted by Gasteiger charge is 2.09. The number of nitrogens with one attached hydrogen (secondary N) is 1. The van der Waals surface area contributed by atoms with Gasteiger partial charge in [-0.15, -0.1) is 0 Å². The van der Waals surface area contributed by atoms with Crippen LogP contribution in [0.25, 0.3) is 10.9 Å². The van der Waals surface area contributed by atoms with E-state index in [9.17, 15) is 4.79 Å². The molecule has 0 aliphatic carbocycles. The zero-order valence-corrected chi connectivity index (χ0v) is 12.4. The van der Waals surface area contributed by atoms with Crippen LogP contribution in [-0.2, 0) is 17.8 Å². The van der Waals surface area contributed by atoms with E-state index >= 15 is 0 Å². The Labute approximate surface area is 129 Å². The molecule has 0 fully saturated rings. The van der Waals surface area contributed by atoms with Gasteiger partial charge in [-0.25, -0.2) is 0 Å². The summed E-state index contributed by atoms with van der Waals surface area (Å²) < 4.78 is 0. The number of para-hydroxylation sites is 1. The van der Waals surface area contributed by atoms with Gasteiger partial charge in [0.2, 0.25) is 5.91 Å². The Morgan fingerprint density at radius 3 is 2.86 bits per heavy atom. The lowest BCUT2D eigenvalue weighted by atomic mass is 10.1. The van der Waals surface area contributed by atoms with Crippen LogP contribution < -0.4 is 5.32 Å². The lowest BCUT2D eigenvalue weighted by Crippen LogP contribution is -2.25. The molecule has 1 aromatic carbocycles. The van der Waals surface area contributed by atoms with Crippen LogP contribution in [-0.4, -0.2) is 15.9 Å². The molecule has 22 heavy (non-hydrogen) atoms. The first kappa shape index (κ1) is 14.2. The van der Waals surface area contributed by atoms with Crippen molar-refractivity contribution in [1.29, 1.82) is 0 Å². The summed E-state index contributed by atoms with van der Waals surface area (Å²) in [6, 6.07) is 13.8. The number of pyridine rings is 2. The van der Waals surface area contributed by atoms with E-state index in [0.29, 0.717) is 6.54 Å². The van der Waals surface area contributed by atoms with Crippen LogP contribution in [0.2, 0.25) is 0 Å². The summed E-state index contributed by atoms with van der Waals surface area (Å²) in [6.45, 7) is 2.47. The van der Waals surface area contributed by atoms with Gasteiger partial charge in [0.25, 0.3) is 0 Å². The summed E-state index contributed by atoms with van der Waals surface area (Å²) in [5.41, 5.74) is 3.76. The van der Waals surface area contributed by atoms with Gasteiger partial charge in [-0.2, -0.15) is 0 Å². The molecule has 0 saturated carbocycles. The van der Waals surface area contributed by atoms with Gasteiger partial charge < -0.3 is 5.32 Å². The molecule has 0 radical (unpaired) electrons. The normalized spacial score (nSPS) is 10.6. The van der Waals surface area contributed by atoms with E-state index in [1.54, 1.807) is 12.4 Å². The lowest BCUT2D eigenvalue weighted by Gasteiger charge is -2.08. The molecule has 0 bridgehead atoms. The second-order valence-electron chi connectivity index (χ2n) is 5.26. The topological polar surface area (TPSA) is 54.9 Å². The van der Waals surface area contributed by atoms with Crippen LogP contribution in [0.5, 0.6) is 0 Å². The van der Waals surface area contributed by atoms with E-state index in [0.717, 1.165) is 27.7 Å². The second-order valence-corrected chi connectivity index (χ2v) is 5.26. The zero-order valence-electron chi connectivity index (χ0n) is 12.4. The van der Waals surface area contributed by atoms with Gasteiger partial charge in [0.15, 0.2) is 0 Å². The van der Waals surface area contributed by atoms with Crippen LogP contribution in [0.1, 0.15) is 16.8 Å². The summed E-state index contributed by atoms with van der Waals surface area (Å²) in [7, 11) is 0. The minimum absolute atomic E-state index is 0.0327. The predicted octanol–water partition coefficient (Wildman–Crippen LogP) is 2.80. The summed E-state index contributed by atoms with van der Waals surface area (Å²) in [6.07, 6.45) is 3.75. The Morgan fingerprint density at radius 1 is 1.18 bits per heavy atom. The van der Waals surface area contributed by atoms with Crippen molar-refractivity contribution < 1.29 is 4.79 Å². The number of carbonyl (C=O) groups is 1. The Bertz CT molecular complexity index is 800. The van der Waals surface area contributed by atoms with Gasteiger partial charge in [0.1, 0.15) is 0 Å². The summed E-state index contributed by atoms with van der Waals surface area (Å²) in [4.78, 5) is 20.7. The first-order valence-corrected chi connectivity index (χ1v) is 7.23. The largest absolute Gasteiger partial charge is 0.352 e. The molecule has 3 rings (SSSR count). The number of aryl methyl sites for hydroxylation is 1. The van der Waals surface area contributed by atoms with E-state index < -0.39 is 0 Å². The summed E-state index contributed by atoms with van der Waals surface area (Å²) >= 11 is 0. The quantitative estimate of drug-likeness (QED) is 0.804. The number of nitrogens with zero attached hydrogens (tertiary/aromatic N) is 2. The number of aromatic nitrogens is 2. The smallest absolute Gasteiger partial charge is 0.226 e. The number of hydrogen-bond acceptors (Lipinski definition) is 3. The van der Waals surface area contributed by atoms with Gasteiger partial charge >= 0.3 is 0 Å². The van der Waals surface area contributed by atoms with E-state index in [2.05, 4.69) is 21.4 Å². The van der Waals surface area contributed by atoms with Gasteiger partial charge in [-0.3, -0.25) is 14.8 Å². The Morgan fingerprint density at radius 2 is 2.05 bits per heavy atom. The minimum Gasteiger partial charge on any atom is -0.352 e. The van der Waals surface area contributed by atoms with Crippen molar-refractivity contribution in [3.8, 4) is 0 Å². The number of benzene rings is 1. The van der Waals surface area contributed by atoms with Gasteiger partial charge in [0, 0.05) is 24.3 Å². The molecule has 0 atom stereocenters. The fourth-order valence-electron chi connectivity index (χ4n) is 2.36. The van der Waals surface area contributed by atoms with E-state index in [1.165, 1.54) is 0 Å². The van der Waals surface area contributed by atoms with Crippen LogP contribution in [0.3, 0.4) is 0 Å². The molecule has 1 N–H and O–H groups in total. The second kappa shape index (κ2) is 6.35. The molecular formula is C18H17N3O. The molecule has 4 heteroatoms. The highest BCUT2D eigenvalue weighted by atomic mass is 16.1. The van der Waals surface area contributed by atoms with E-state index in [-0.39, 0.29) is 12.3 Å².